The van der Waals surface area contributed by atoms with Gasteiger partial charge in [-0.1, -0.05) is 13.3 Å². The summed E-state index contributed by atoms with van der Waals surface area (Å²) in [6, 6.07) is 5.17. The van der Waals surface area contributed by atoms with Gasteiger partial charge in [0, 0.05) is 12.6 Å². The highest BCUT2D eigenvalue weighted by molar-refractivity contribution is 7.91. The Balaban J connectivity index is 1.96. The Bertz CT molecular complexity index is 713. The number of unbranched alkanes of at least 4 members (excludes halogenated alkanes) is 1. The van der Waals surface area contributed by atoms with Crippen molar-refractivity contribution in [1.82, 2.24) is 4.90 Å². The Morgan fingerprint density at radius 3 is 2.52 bits per heavy atom. The molecule has 25 heavy (non-hydrogen) atoms. The molecule has 1 aromatic rings. The van der Waals surface area contributed by atoms with Crippen LogP contribution in [0.3, 0.4) is 0 Å². The van der Waals surface area contributed by atoms with Crippen LogP contribution in [0.4, 0.5) is 0 Å². The summed E-state index contributed by atoms with van der Waals surface area (Å²) in [5.41, 5.74) is 0.231. The maximum absolute atomic E-state index is 12.5. The number of hydrogen-bond acceptors (Lipinski definition) is 6. The summed E-state index contributed by atoms with van der Waals surface area (Å²) >= 11 is 0. The van der Waals surface area contributed by atoms with Crippen molar-refractivity contribution < 1.29 is 27.9 Å². The number of phenols is 1. The van der Waals surface area contributed by atoms with Crippen LogP contribution >= 0.6 is 0 Å². The van der Waals surface area contributed by atoms with Gasteiger partial charge in [0.2, 0.25) is 0 Å². The molecule has 2 rings (SSSR count). The van der Waals surface area contributed by atoms with E-state index >= 15 is 0 Å². The maximum atomic E-state index is 12.5. The molecule has 1 fully saturated rings. The molecule has 1 aliphatic rings. The third-order valence-electron chi connectivity index (χ3n) is 4.15. The van der Waals surface area contributed by atoms with Crippen molar-refractivity contribution in [3.63, 3.8) is 0 Å². The smallest absolute Gasteiger partial charge is 0.338 e. The molecule has 0 unspecified atom stereocenters. The molecule has 1 saturated heterocycles. The molecule has 1 aromatic carbocycles. The highest BCUT2D eigenvalue weighted by Gasteiger charge is 2.34. The first-order chi connectivity index (χ1) is 11.8. The normalized spacial score (nSPS) is 18.7. The first-order valence-electron chi connectivity index (χ1n) is 8.28. The first-order valence-corrected chi connectivity index (χ1v) is 10.1. The summed E-state index contributed by atoms with van der Waals surface area (Å²) in [4.78, 5) is 25.9. The van der Waals surface area contributed by atoms with E-state index < -0.39 is 22.4 Å². The van der Waals surface area contributed by atoms with Crippen LogP contribution in [0.5, 0.6) is 5.75 Å². The van der Waals surface area contributed by atoms with Gasteiger partial charge in [-0.15, -0.1) is 0 Å². The molecular weight excluding hydrogens is 346 g/mol. The third-order valence-corrected chi connectivity index (χ3v) is 5.90. The molecular formula is C17H23NO6S. The van der Waals surface area contributed by atoms with Crippen LogP contribution in [0.2, 0.25) is 0 Å². The topological polar surface area (TPSA) is 101 Å². The van der Waals surface area contributed by atoms with Crippen molar-refractivity contribution in [3.05, 3.63) is 29.8 Å². The van der Waals surface area contributed by atoms with Gasteiger partial charge >= 0.3 is 5.97 Å². The molecule has 7 nitrogen and oxygen atoms in total. The fraction of sp³-hybridized carbons (Fsp3) is 0.529. The molecule has 1 atom stereocenters. The van der Waals surface area contributed by atoms with Gasteiger partial charge in [0.25, 0.3) is 5.91 Å². The van der Waals surface area contributed by atoms with Crippen molar-refractivity contribution >= 4 is 21.7 Å². The number of hydrogen-bond donors (Lipinski definition) is 1. The zero-order chi connectivity index (χ0) is 18.4. The molecule has 0 aliphatic carbocycles. The number of phenolic OH excluding ortho intramolecular Hbond substituents is 1. The average molecular weight is 369 g/mol. The molecule has 0 bridgehead atoms. The van der Waals surface area contributed by atoms with E-state index in [1.807, 2.05) is 6.92 Å². The van der Waals surface area contributed by atoms with Gasteiger partial charge in [-0.05, 0) is 37.1 Å². The largest absolute Gasteiger partial charge is 0.508 e. The van der Waals surface area contributed by atoms with Gasteiger partial charge in [-0.3, -0.25) is 4.79 Å². The number of carbonyl (C=O) groups excluding carboxylic acids is 2. The van der Waals surface area contributed by atoms with Crippen LogP contribution in [0.25, 0.3) is 0 Å². The fourth-order valence-corrected chi connectivity index (χ4v) is 4.48. The molecule has 0 aromatic heterocycles. The predicted molar refractivity (Wildman–Crippen MR) is 92.1 cm³/mol. The number of amides is 1. The van der Waals surface area contributed by atoms with Crippen LogP contribution in [-0.4, -0.2) is 61.0 Å². The number of sulfone groups is 1. The summed E-state index contributed by atoms with van der Waals surface area (Å²) in [6.07, 6.45) is 2.05. The summed E-state index contributed by atoms with van der Waals surface area (Å²) in [7, 11) is -3.10. The zero-order valence-electron chi connectivity index (χ0n) is 14.2. The van der Waals surface area contributed by atoms with E-state index in [2.05, 4.69) is 0 Å². The van der Waals surface area contributed by atoms with Gasteiger partial charge in [-0.2, -0.15) is 0 Å². The van der Waals surface area contributed by atoms with Gasteiger partial charge in [0.05, 0.1) is 17.1 Å². The highest BCUT2D eigenvalue weighted by atomic mass is 32.2. The first kappa shape index (κ1) is 19.2. The van der Waals surface area contributed by atoms with E-state index in [9.17, 15) is 23.1 Å². The number of benzene rings is 1. The number of nitrogens with zero attached hydrogens (tertiary/aromatic N) is 1. The van der Waals surface area contributed by atoms with Crippen molar-refractivity contribution in [2.75, 3.05) is 24.7 Å². The highest BCUT2D eigenvalue weighted by Crippen LogP contribution is 2.19. The van der Waals surface area contributed by atoms with Crippen LogP contribution < -0.4 is 0 Å². The number of esters is 1. The molecule has 8 heteroatoms. The predicted octanol–water partition coefficient (Wildman–Crippen LogP) is 1.36. The lowest BCUT2D eigenvalue weighted by Gasteiger charge is -2.28. The SMILES string of the molecule is CCCCN(C(=O)COC(=O)c1ccc(O)cc1)[C@@H]1CCS(=O)(=O)C1. The van der Waals surface area contributed by atoms with Gasteiger partial charge in [-0.25, -0.2) is 13.2 Å². The molecule has 1 amide bonds. The average Bonchev–Trinajstić information content (AvgIpc) is 2.93. The summed E-state index contributed by atoms with van der Waals surface area (Å²) in [5, 5.41) is 9.21. The van der Waals surface area contributed by atoms with Crippen LogP contribution in [0.15, 0.2) is 24.3 Å². The Labute approximate surface area is 147 Å². The lowest BCUT2D eigenvalue weighted by molar-refractivity contribution is -0.136. The summed E-state index contributed by atoms with van der Waals surface area (Å²) < 4.78 is 28.4. The molecule has 0 spiro atoms. The minimum Gasteiger partial charge on any atom is -0.508 e. The Morgan fingerprint density at radius 2 is 1.96 bits per heavy atom. The monoisotopic (exact) mass is 369 g/mol. The Hall–Kier alpha value is -2.09. The standard InChI is InChI=1S/C17H23NO6S/c1-2-3-9-18(14-8-10-25(22,23)12-14)16(20)11-24-17(21)13-4-6-15(19)7-5-13/h4-7,14,19H,2-3,8-12H2,1H3/t14-/m1/s1. The van der Waals surface area contributed by atoms with Crippen LogP contribution in [0.1, 0.15) is 36.5 Å². The quantitative estimate of drug-likeness (QED) is 0.729. The molecule has 1 heterocycles. The lowest BCUT2D eigenvalue weighted by atomic mass is 10.2. The zero-order valence-corrected chi connectivity index (χ0v) is 15.0. The Kier molecular flexibility index (Phi) is 6.41. The van der Waals surface area contributed by atoms with E-state index in [0.29, 0.717) is 13.0 Å². The summed E-state index contributed by atoms with van der Waals surface area (Å²) in [6.45, 7) is 2.01. The fourth-order valence-electron chi connectivity index (χ4n) is 2.75. The number of aromatic hydroxyl groups is 1. The van der Waals surface area contributed by atoms with Crippen LogP contribution in [-0.2, 0) is 19.4 Å². The number of carbonyl (C=O) groups is 2. The van der Waals surface area contributed by atoms with Crippen molar-refractivity contribution in [2.45, 2.75) is 32.2 Å². The molecule has 1 aliphatic heterocycles. The van der Waals surface area contributed by atoms with Gasteiger partial charge < -0.3 is 14.7 Å². The third kappa shape index (κ3) is 5.45. The van der Waals surface area contributed by atoms with Gasteiger partial charge in [0.1, 0.15) is 5.75 Å². The van der Waals surface area contributed by atoms with E-state index in [-0.39, 0.29) is 34.8 Å². The molecule has 0 radical (unpaired) electrons. The number of ether oxygens (including phenoxy) is 1. The maximum Gasteiger partial charge on any atom is 0.338 e. The van der Waals surface area contributed by atoms with Crippen molar-refractivity contribution in [2.24, 2.45) is 0 Å². The van der Waals surface area contributed by atoms with E-state index in [4.69, 9.17) is 4.74 Å². The van der Waals surface area contributed by atoms with Gasteiger partial charge in [0.15, 0.2) is 16.4 Å². The molecule has 1 N–H and O–H groups in total. The Morgan fingerprint density at radius 1 is 1.28 bits per heavy atom. The van der Waals surface area contributed by atoms with Crippen molar-refractivity contribution in [1.29, 1.82) is 0 Å². The summed E-state index contributed by atoms with van der Waals surface area (Å²) in [5.74, 6) is -0.971. The second kappa shape index (κ2) is 8.33. The van der Waals surface area contributed by atoms with E-state index in [1.165, 1.54) is 29.2 Å². The molecule has 138 valence electrons. The van der Waals surface area contributed by atoms with Crippen molar-refractivity contribution in [3.8, 4) is 5.75 Å². The second-order valence-electron chi connectivity index (χ2n) is 6.12. The van der Waals surface area contributed by atoms with E-state index in [0.717, 1.165) is 12.8 Å². The van der Waals surface area contributed by atoms with E-state index in [1.54, 1.807) is 0 Å². The minimum atomic E-state index is -3.10. The molecule has 0 saturated carbocycles. The number of rotatable bonds is 7. The van der Waals surface area contributed by atoms with Crippen LogP contribution in [0, 0.1) is 0 Å². The lowest BCUT2D eigenvalue weighted by Crippen LogP contribution is -2.43. The minimum absolute atomic E-state index is 0.0285. The second-order valence-corrected chi connectivity index (χ2v) is 8.35.